The van der Waals surface area contributed by atoms with Crippen molar-refractivity contribution in [1.29, 1.82) is 0 Å². The molecule has 4 heteroatoms. The molecule has 0 aliphatic heterocycles. The number of hydrogen-bond acceptors (Lipinski definition) is 4. The molecule has 0 bridgehead atoms. The van der Waals surface area contributed by atoms with E-state index in [9.17, 15) is 5.11 Å². The number of nitrogens with zero attached hydrogens (tertiary/aromatic N) is 1. The molecule has 2 atom stereocenters. The van der Waals surface area contributed by atoms with Gasteiger partial charge >= 0.3 is 0 Å². The summed E-state index contributed by atoms with van der Waals surface area (Å²) < 4.78 is 5.66. The van der Waals surface area contributed by atoms with E-state index in [-0.39, 0.29) is 11.4 Å². The van der Waals surface area contributed by atoms with Crippen molar-refractivity contribution < 1.29 is 9.52 Å². The van der Waals surface area contributed by atoms with Crippen LogP contribution in [0.1, 0.15) is 25.7 Å². The van der Waals surface area contributed by atoms with Crippen molar-refractivity contribution in [3.63, 3.8) is 0 Å². The fraction of sp³-hybridized carbons (Fsp3) is 0.462. The Balaban J connectivity index is 1.79. The third kappa shape index (κ3) is 2.33. The quantitative estimate of drug-likeness (QED) is 0.887. The molecule has 1 saturated carbocycles. The van der Waals surface area contributed by atoms with Crippen LogP contribution in [0.2, 0.25) is 0 Å². The molecule has 17 heavy (non-hydrogen) atoms. The fourth-order valence-corrected chi connectivity index (χ4v) is 3.37. The summed E-state index contributed by atoms with van der Waals surface area (Å²) in [7, 11) is 0. The first kappa shape index (κ1) is 11.1. The predicted octanol–water partition coefficient (Wildman–Crippen LogP) is 3.22. The van der Waals surface area contributed by atoms with Gasteiger partial charge in [0.15, 0.2) is 5.58 Å². The summed E-state index contributed by atoms with van der Waals surface area (Å²) in [6.45, 7) is 0. The number of aliphatic hydroxyl groups excluding tert-OH is 1. The zero-order valence-electron chi connectivity index (χ0n) is 9.50. The van der Waals surface area contributed by atoms with Crippen molar-refractivity contribution in [3.05, 3.63) is 24.3 Å². The van der Waals surface area contributed by atoms with Crippen LogP contribution in [-0.2, 0) is 0 Å². The van der Waals surface area contributed by atoms with Gasteiger partial charge < -0.3 is 9.52 Å². The Bertz CT molecular complexity index is 478. The lowest BCUT2D eigenvalue weighted by atomic mass is 9.97. The Labute approximate surface area is 104 Å². The molecular weight excluding hydrogens is 234 g/mol. The predicted molar refractivity (Wildman–Crippen MR) is 68.1 cm³/mol. The molecule has 0 unspecified atom stereocenters. The molecule has 1 fully saturated rings. The highest BCUT2D eigenvalue weighted by Crippen LogP contribution is 2.34. The van der Waals surface area contributed by atoms with Crippen LogP contribution in [0.4, 0.5) is 0 Å². The van der Waals surface area contributed by atoms with E-state index in [1.54, 1.807) is 11.8 Å². The van der Waals surface area contributed by atoms with Gasteiger partial charge in [0.1, 0.15) is 5.52 Å². The van der Waals surface area contributed by atoms with Crippen molar-refractivity contribution in [2.24, 2.45) is 0 Å². The van der Waals surface area contributed by atoms with Gasteiger partial charge in [0, 0.05) is 5.25 Å². The van der Waals surface area contributed by atoms with Crippen molar-refractivity contribution in [1.82, 2.24) is 4.98 Å². The minimum absolute atomic E-state index is 0.219. The lowest BCUT2D eigenvalue weighted by molar-refractivity contribution is 0.136. The molecule has 90 valence electrons. The summed E-state index contributed by atoms with van der Waals surface area (Å²) in [5.41, 5.74) is 1.71. The van der Waals surface area contributed by atoms with E-state index in [2.05, 4.69) is 4.98 Å². The van der Waals surface area contributed by atoms with Gasteiger partial charge in [-0.15, -0.1) is 0 Å². The first-order chi connectivity index (χ1) is 8.33. The first-order valence-corrected chi connectivity index (χ1v) is 6.91. The van der Waals surface area contributed by atoms with Crippen molar-refractivity contribution >= 4 is 22.9 Å². The van der Waals surface area contributed by atoms with E-state index in [0.29, 0.717) is 5.22 Å². The normalized spacial score (nSPS) is 25.2. The number of oxazole rings is 1. The number of fused-ring (bicyclic) bond motifs is 1. The maximum atomic E-state index is 9.91. The Kier molecular flexibility index (Phi) is 3.07. The van der Waals surface area contributed by atoms with Crippen LogP contribution in [0.25, 0.3) is 11.1 Å². The number of rotatable bonds is 2. The molecule has 0 amide bonds. The topological polar surface area (TPSA) is 46.3 Å². The summed E-state index contributed by atoms with van der Waals surface area (Å²) in [4.78, 5) is 4.43. The number of benzene rings is 1. The van der Waals surface area contributed by atoms with E-state index >= 15 is 0 Å². The van der Waals surface area contributed by atoms with E-state index in [4.69, 9.17) is 4.42 Å². The van der Waals surface area contributed by atoms with Gasteiger partial charge in [-0.25, -0.2) is 4.98 Å². The van der Waals surface area contributed by atoms with Gasteiger partial charge in [-0.1, -0.05) is 36.7 Å². The minimum atomic E-state index is -0.219. The van der Waals surface area contributed by atoms with E-state index in [0.717, 1.165) is 30.4 Å². The van der Waals surface area contributed by atoms with Crippen LogP contribution in [0, 0.1) is 0 Å². The van der Waals surface area contributed by atoms with Crippen LogP contribution < -0.4 is 0 Å². The van der Waals surface area contributed by atoms with Gasteiger partial charge in [-0.2, -0.15) is 0 Å². The zero-order valence-corrected chi connectivity index (χ0v) is 10.3. The van der Waals surface area contributed by atoms with Crippen LogP contribution in [0.5, 0.6) is 0 Å². The van der Waals surface area contributed by atoms with Gasteiger partial charge in [-0.3, -0.25) is 0 Å². The van der Waals surface area contributed by atoms with Crippen LogP contribution in [0.15, 0.2) is 33.9 Å². The third-order valence-electron chi connectivity index (χ3n) is 3.19. The molecule has 3 rings (SSSR count). The number of thioether (sulfide) groups is 1. The Morgan fingerprint density at radius 3 is 2.88 bits per heavy atom. The Morgan fingerprint density at radius 2 is 2.06 bits per heavy atom. The molecule has 2 aromatic rings. The van der Waals surface area contributed by atoms with Crippen LogP contribution in [-0.4, -0.2) is 21.4 Å². The van der Waals surface area contributed by atoms with Gasteiger partial charge in [-0.05, 0) is 25.0 Å². The number of aromatic nitrogens is 1. The second kappa shape index (κ2) is 4.70. The van der Waals surface area contributed by atoms with E-state index < -0.39 is 0 Å². The Morgan fingerprint density at radius 1 is 1.24 bits per heavy atom. The smallest absolute Gasteiger partial charge is 0.257 e. The summed E-state index contributed by atoms with van der Waals surface area (Å²) in [6, 6.07) is 7.76. The van der Waals surface area contributed by atoms with Crippen LogP contribution in [0.3, 0.4) is 0 Å². The molecule has 1 N–H and O–H groups in total. The van der Waals surface area contributed by atoms with Crippen molar-refractivity contribution in [2.75, 3.05) is 0 Å². The minimum Gasteiger partial charge on any atom is -0.431 e. The van der Waals surface area contributed by atoms with Gasteiger partial charge in [0.2, 0.25) is 0 Å². The highest BCUT2D eigenvalue weighted by Gasteiger charge is 2.25. The molecule has 0 saturated heterocycles. The van der Waals surface area contributed by atoms with Gasteiger partial charge in [0.05, 0.1) is 6.10 Å². The zero-order chi connectivity index (χ0) is 11.7. The monoisotopic (exact) mass is 249 g/mol. The average molecular weight is 249 g/mol. The molecule has 1 aliphatic rings. The SMILES string of the molecule is O[C@@H]1CCCC[C@H]1Sc1nc2ccccc2o1. The molecule has 1 aromatic heterocycles. The molecule has 3 nitrogen and oxygen atoms in total. The third-order valence-corrected chi connectivity index (χ3v) is 4.42. The first-order valence-electron chi connectivity index (χ1n) is 6.03. The van der Waals surface area contributed by atoms with E-state index in [1.165, 1.54) is 6.42 Å². The highest BCUT2D eigenvalue weighted by molar-refractivity contribution is 7.99. The standard InChI is InChI=1S/C13H15NO2S/c15-10-6-2-4-8-12(10)17-13-14-9-5-1-3-7-11(9)16-13/h1,3,5,7,10,12,15H,2,4,6,8H2/t10-,12-/m1/s1. The Hall–Kier alpha value is -1.00. The average Bonchev–Trinajstić information content (AvgIpc) is 2.74. The van der Waals surface area contributed by atoms with E-state index in [1.807, 2.05) is 24.3 Å². The maximum Gasteiger partial charge on any atom is 0.257 e. The van der Waals surface area contributed by atoms with Crippen LogP contribution >= 0.6 is 11.8 Å². The number of aliphatic hydroxyl groups is 1. The second-order valence-corrected chi connectivity index (χ2v) is 5.65. The lowest BCUT2D eigenvalue weighted by Gasteiger charge is -2.25. The molecule has 1 heterocycles. The maximum absolute atomic E-state index is 9.91. The molecular formula is C13H15NO2S. The summed E-state index contributed by atoms with van der Waals surface area (Å²) in [5, 5.41) is 10.8. The second-order valence-electron chi connectivity index (χ2n) is 4.46. The molecule has 0 radical (unpaired) electrons. The van der Waals surface area contributed by atoms with Crippen molar-refractivity contribution in [2.45, 2.75) is 42.3 Å². The number of hydrogen-bond donors (Lipinski definition) is 1. The van der Waals surface area contributed by atoms with Crippen molar-refractivity contribution in [3.8, 4) is 0 Å². The highest BCUT2D eigenvalue weighted by atomic mass is 32.2. The largest absolute Gasteiger partial charge is 0.431 e. The summed E-state index contributed by atoms with van der Waals surface area (Å²) in [6.07, 6.45) is 4.05. The molecule has 1 aromatic carbocycles. The molecule has 1 aliphatic carbocycles. The molecule has 0 spiro atoms. The van der Waals surface area contributed by atoms with Gasteiger partial charge in [0.25, 0.3) is 5.22 Å². The summed E-state index contributed by atoms with van der Waals surface area (Å²) in [5.74, 6) is 0. The summed E-state index contributed by atoms with van der Waals surface area (Å²) >= 11 is 1.57. The number of para-hydroxylation sites is 2. The fourth-order valence-electron chi connectivity index (χ4n) is 2.25. The lowest BCUT2D eigenvalue weighted by Crippen LogP contribution is -2.26.